The molecule has 2 amide bonds. The number of carbonyl (C=O) groups is 2. The van der Waals surface area contributed by atoms with Gasteiger partial charge >= 0.3 is 0 Å². The third-order valence-corrected chi connectivity index (χ3v) is 5.92. The largest absolute Gasteiger partial charge is 0.343 e. The van der Waals surface area contributed by atoms with Gasteiger partial charge in [-0.2, -0.15) is 0 Å². The molecule has 0 aromatic heterocycles. The van der Waals surface area contributed by atoms with Crippen LogP contribution in [0.15, 0.2) is 36.5 Å². The van der Waals surface area contributed by atoms with E-state index in [-0.39, 0.29) is 23.7 Å². The van der Waals surface area contributed by atoms with E-state index < -0.39 is 5.41 Å². The highest BCUT2D eigenvalue weighted by atomic mass is 16.2. The third-order valence-electron chi connectivity index (χ3n) is 5.92. The number of rotatable bonds is 6. The predicted molar refractivity (Wildman–Crippen MR) is 111 cm³/mol. The molecule has 0 saturated carbocycles. The Hall–Kier alpha value is -2.04. The second-order valence-electron chi connectivity index (χ2n) is 8.38. The molecule has 27 heavy (non-hydrogen) atoms. The zero-order valence-electron chi connectivity index (χ0n) is 17.3. The van der Waals surface area contributed by atoms with Crippen molar-refractivity contribution in [3.8, 4) is 0 Å². The van der Waals surface area contributed by atoms with Gasteiger partial charge in [0, 0.05) is 32.3 Å². The summed E-state index contributed by atoms with van der Waals surface area (Å²) in [5.74, 6) is 0.452. The minimum absolute atomic E-state index is 0.00708. The van der Waals surface area contributed by atoms with Crippen molar-refractivity contribution in [1.82, 2.24) is 9.80 Å². The van der Waals surface area contributed by atoms with Crippen LogP contribution in [0, 0.1) is 11.3 Å². The summed E-state index contributed by atoms with van der Waals surface area (Å²) in [4.78, 5) is 28.7. The van der Waals surface area contributed by atoms with Crippen molar-refractivity contribution in [3.05, 3.63) is 42.1 Å². The molecule has 0 aliphatic carbocycles. The third kappa shape index (κ3) is 4.82. The van der Waals surface area contributed by atoms with E-state index in [9.17, 15) is 9.59 Å². The fraction of sp³-hybridized carbons (Fsp3) is 0.545. The van der Waals surface area contributed by atoms with Gasteiger partial charge in [-0.3, -0.25) is 9.59 Å². The van der Waals surface area contributed by atoms with E-state index in [1.54, 1.807) is 11.8 Å². The quantitative estimate of drug-likeness (QED) is 0.727. The second kappa shape index (κ2) is 8.32. The normalized spacial score (nSPS) is 18.3. The first-order valence-electron chi connectivity index (χ1n) is 9.62. The first-order valence-corrected chi connectivity index (χ1v) is 9.62. The maximum Gasteiger partial charge on any atom is 0.232 e. The van der Waals surface area contributed by atoms with Gasteiger partial charge in [0.25, 0.3) is 0 Å². The number of nitrogens with zero attached hydrogens (tertiary/aromatic N) is 2. The fourth-order valence-corrected chi connectivity index (χ4v) is 3.72. The minimum Gasteiger partial charge on any atom is -0.343 e. The zero-order chi connectivity index (χ0) is 20.4. The first-order chi connectivity index (χ1) is 12.5. The van der Waals surface area contributed by atoms with Crippen molar-refractivity contribution < 1.29 is 9.59 Å². The molecule has 1 aliphatic heterocycles. The van der Waals surface area contributed by atoms with Crippen molar-refractivity contribution in [2.24, 2.45) is 11.3 Å². The van der Waals surface area contributed by atoms with Gasteiger partial charge in [-0.1, -0.05) is 57.1 Å². The molecule has 1 aromatic carbocycles. The van der Waals surface area contributed by atoms with Crippen LogP contribution in [-0.2, 0) is 9.59 Å². The molecule has 0 spiro atoms. The van der Waals surface area contributed by atoms with Crippen molar-refractivity contribution in [2.45, 2.75) is 47.0 Å². The van der Waals surface area contributed by atoms with Gasteiger partial charge in [-0.15, -0.1) is 0 Å². The van der Waals surface area contributed by atoms with Crippen LogP contribution in [0.2, 0.25) is 0 Å². The molecule has 1 fully saturated rings. The summed E-state index contributed by atoms with van der Waals surface area (Å²) in [7, 11) is 5.93. The Morgan fingerprint density at radius 1 is 1.37 bits per heavy atom. The van der Waals surface area contributed by atoms with E-state index >= 15 is 0 Å². The summed E-state index contributed by atoms with van der Waals surface area (Å²) in [5, 5.41) is 0. The Balaban J connectivity index is 2.17. The number of carbonyl (C=O) groups excluding carboxylic acids is 2. The van der Waals surface area contributed by atoms with Gasteiger partial charge in [0.15, 0.2) is 0 Å². The summed E-state index contributed by atoms with van der Waals surface area (Å²) in [6, 6.07) is 7.73. The van der Waals surface area contributed by atoms with Gasteiger partial charge in [0.1, 0.15) is 7.85 Å². The van der Waals surface area contributed by atoms with Crippen molar-refractivity contribution in [1.29, 1.82) is 0 Å². The summed E-state index contributed by atoms with van der Waals surface area (Å²) < 4.78 is 0. The zero-order valence-corrected chi connectivity index (χ0v) is 17.3. The molecule has 1 unspecified atom stereocenters. The van der Waals surface area contributed by atoms with Crippen molar-refractivity contribution in [3.63, 3.8) is 0 Å². The molecule has 0 N–H and O–H groups in total. The molecule has 2 atom stereocenters. The van der Waals surface area contributed by atoms with E-state index in [1.165, 1.54) is 0 Å². The van der Waals surface area contributed by atoms with Gasteiger partial charge < -0.3 is 9.80 Å². The Morgan fingerprint density at radius 3 is 2.56 bits per heavy atom. The lowest BCUT2D eigenvalue weighted by Gasteiger charge is -2.37. The number of benzene rings is 1. The van der Waals surface area contributed by atoms with Crippen LogP contribution in [-0.4, -0.2) is 49.1 Å². The molecule has 1 heterocycles. The topological polar surface area (TPSA) is 40.6 Å². The lowest BCUT2D eigenvalue weighted by atomic mass is 9.74. The van der Waals surface area contributed by atoms with Gasteiger partial charge in [0.05, 0.1) is 5.41 Å². The standard InChI is InChI=1S/C22H31BN2O2/c1-15(2)25(14-18-10-11-24(13-18)17(4)26)21(27)22(5,6)16(3)19-8-7-9-20(23)12-19/h7-9,12,16,18H,1,10-11,13-14H2,2-6H3/t16-,18?/m1/s1. The van der Waals surface area contributed by atoms with Crippen LogP contribution in [0.1, 0.15) is 52.5 Å². The highest BCUT2D eigenvalue weighted by Crippen LogP contribution is 2.37. The summed E-state index contributed by atoms with van der Waals surface area (Å²) >= 11 is 0. The number of hydrogen-bond acceptors (Lipinski definition) is 2. The summed E-state index contributed by atoms with van der Waals surface area (Å²) in [5.41, 5.74) is 1.90. The molecule has 1 aliphatic rings. The highest BCUT2D eigenvalue weighted by Gasteiger charge is 2.39. The smallest absolute Gasteiger partial charge is 0.232 e. The predicted octanol–water partition coefficient (Wildman–Crippen LogP) is 2.84. The van der Waals surface area contributed by atoms with Crippen LogP contribution < -0.4 is 5.46 Å². The molecule has 1 saturated heterocycles. The number of amides is 2. The lowest BCUT2D eigenvalue weighted by Crippen LogP contribution is -2.44. The highest BCUT2D eigenvalue weighted by molar-refractivity contribution is 6.32. The SMILES string of the molecule is [B]c1cccc([C@@H](C)C(C)(C)C(=O)N(CC2CCN(C(C)=O)C2)C(=C)C)c1. The monoisotopic (exact) mass is 366 g/mol. The van der Waals surface area contributed by atoms with Gasteiger partial charge in [-0.25, -0.2) is 0 Å². The van der Waals surface area contributed by atoms with Crippen LogP contribution >= 0.6 is 0 Å². The van der Waals surface area contributed by atoms with Crippen molar-refractivity contribution in [2.75, 3.05) is 19.6 Å². The van der Waals surface area contributed by atoms with E-state index in [0.717, 1.165) is 24.2 Å². The molecule has 144 valence electrons. The van der Waals surface area contributed by atoms with E-state index in [4.69, 9.17) is 7.85 Å². The Labute approximate surface area is 165 Å². The van der Waals surface area contributed by atoms with Gasteiger partial charge in [-0.05, 0) is 30.7 Å². The van der Waals surface area contributed by atoms with E-state index in [0.29, 0.717) is 18.6 Å². The molecule has 2 rings (SSSR count). The summed E-state index contributed by atoms with van der Waals surface area (Å²) in [6.07, 6.45) is 0.918. The number of likely N-dealkylation sites (tertiary alicyclic amines) is 1. The van der Waals surface area contributed by atoms with Crippen LogP contribution in [0.3, 0.4) is 0 Å². The maximum absolute atomic E-state index is 13.5. The van der Waals surface area contributed by atoms with Crippen LogP contribution in [0.5, 0.6) is 0 Å². The van der Waals surface area contributed by atoms with Gasteiger partial charge in [0.2, 0.25) is 11.8 Å². The first kappa shape index (κ1) is 21.3. The maximum atomic E-state index is 13.5. The number of allylic oxidation sites excluding steroid dienone is 1. The molecule has 1 aromatic rings. The van der Waals surface area contributed by atoms with Crippen LogP contribution in [0.25, 0.3) is 0 Å². The molecule has 0 bridgehead atoms. The van der Waals surface area contributed by atoms with Crippen molar-refractivity contribution >= 4 is 25.1 Å². The average Bonchev–Trinajstić information content (AvgIpc) is 3.07. The number of hydrogen-bond donors (Lipinski definition) is 0. The molecular formula is C22H31BN2O2. The van der Waals surface area contributed by atoms with Crippen LogP contribution in [0.4, 0.5) is 0 Å². The molecule has 2 radical (unpaired) electrons. The Kier molecular flexibility index (Phi) is 6.56. The molecule has 4 nitrogen and oxygen atoms in total. The Morgan fingerprint density at radius 2 is 2.04 bits per heavy atom. The fourth-order valence-electron chi connectivity index (χ4n) is 3.72. The lowest BCUT2D eigenvalue weighted by molar-refractivity contribution is -0.139. The molecule has 5 heteroatoms. The second-order valence-corrected chi connectivity index (χ2v) is 8.38. The Bertz CT molecular complexity index is 729. The average molecular weight is 366 g/mol. The van der Waals surface area contributed by atoms with E-state index in [1.807, 2.05) is 49.9 Å². The molecular weight excluding hydrogens is 335 g/mol. The minimum atomic E-state index is -0.606. The van der Waals surface area contributed by atoms with E-state index in [2.05, 4.69) is 13.5 Å². The summed E-state index contributed by atoms with van der Waals surface area (Å²) in [6.45, 7) is 15.6.